The molecule has 0 aliphatic carbocycles. The fourth-order valence-corrected chi connectivity index (χ4v) is 1.94. The maximum absolute atomic E-state index is 10.1. The summed E-state index contributed by atoms with van der Waals surface area (Å²) >= 11 is 3.41. The van der Waals surface area contributed by atoms with Gasteiger partial charge in [-0.2, -0.15) is 0 Å². The lowest BCUT2D eigenvalue weighted by atomic mass is 10.2. The van der Waals surface area contributed by atoms with Gasteiger partial charge in [-0.05, 0) is 12.1 Å². The molecule has 72 valence electrons. The van der Waals surface area contributed by atoms with E-state index in [1.807, 2.05) is 18.2 Å². The van der Waals surface area contributed by atoms with Gasteiger partial charge in [0, 0.05) is 15.4 Å². The third-order valence-corrected chi connectivity index (χ3v) is 2.59. The number of rotatable bonds is 3. The molecular weight excluding hydrogens is 248 g/mol. The van der Waals surface area contributed by atoms with Crippen molar-refractivity contribution in [3.8, 4) is 0 Å². The quantitative estimate of drug-likeness (QED) is 0.791. The first-order valence-corrected chi connectivity index (χ1v) is 4.82. The molecule has 0 aliphatic heterocycles. The molecule has 2 rings (SSSR count). The number of carbonyl (C=O) groups excluding carboxylic acids is 1. The van der Waals surface area contributed by atoms with Crippen molar-refractivity contribution in [1.82, 2.24) is 0 Å². The summed E-state index contributed by atoms with van der Waals surface area (Å²) in [6.45, 7) is 0.661. The lowest BCUT2D eigenvalue weighted by Crippen LogP contribution is -1.88. The Labute approximate surface area is 88.8 Å². The third-order valence-electron chi connectivity index (χ3n) is 1.93. The van der Waals surface area contributed by atoms with Gasteiger partial charge in [0.25, 0.3) is 6.47 Å². The molecule has 1 heterocycles. The first-order valence-electron chi connectivity index (χ1n) is 4.03. The zero-order chi connectivity index (χ0) is 9.97. The van der Waals surface area contributed by atoms with Crippen LogP contribution in [0.2, 0.25) is 0 Å². The topological polar surface area (TPSA) is 39.4 Å². The second-order valence-corrected chi connectivity index (χ2v) is 3.64. The van der Waals surface area contributed by atoms with E-state index in [2.05, 4.69) is 20.7 Å². The van der Waals surface area contributed by atoms with Crippen LogP contribution < -0.4 is 0 Å². The number of hydrogen-bond acceptors (Lipinski definition) is 3. The smallest absolute Gasteiger partial charge is 0.293 e. The summed E-state index contributed by atoms with van der Waals surface area (Å²) in [7, 11) is 0. The van der Waals surface area contributed by atoms with Gasteiger partial charge in [0.15, 0.2) is 0 Å². The van der Waals surface area contributed by atoms with Crippen molar-refractivity contribution in [1.29, 1.82) is 0 Å². The van der Waals surface area contributed by atoms with E-state index in [9.17, 15) is 4.79 Å². The molecule has 14 heavy (non-hydrogen) atoms. The van der Waals surface area contributed by atoms with Crippen LogP contribution in [0.1, 0.15) is 5.56 Å². The number of carbonyl (C=O) groups is 1. The summed E-state index contributed by atoms with van der Waals surface area (Å²) in [6.07, 6.45) is 1.60. The average Bonchev–Trinajstić information content (AvgIpc) is 2.59. The molecule has 4 heteroatoms. The minimum absolute atomic E-state index is 0.235. The Morgan fingerprint density at radius 2 is 2.36 bits per heavy atom. The zero-order valence-electron chi connectivity index (χ0n) is 7.20. The van der Waals surface area contributed by atoms with Crippen LogP contribution in [0.15, 0.2) is 33.4 Å². The molecule has 0 amide bonds. The van der Waals surface area contributed by atoms with Crippen molar-refractivity contribution < 1.29 is 13.9 Å². The average molecular weight is 255 g/mol. The number of hydrogen-bond donors (Lipinski definition) is 0. The second-order valence-electron chi connectivity index (χ2n) is 2.78. The molecule has 2 aromatic rings. The fourth-order valence-electron chi connectivity index (χ4n) is 1.34. The Bertz CT molecular complexity index is 461. The van der Waals surface area contributed by atoms with E-state index in [1.165, 1.54) is 0 Å². The molecule has 0 bridgehead atoms. The van der Waals surface area contributed by atoms with Crippen LogP contribution in [0.25, 0.3) is 11.0 Å². The highest BCUT2D eigenvalue weighted by Crippen LogP contribution is 2.29. The van der Waals surface area contributed by atoms with Crippen LogP contribution in [-0.4, -0.2) is 6.47 Å². The standard InChI is InChI=1S/C10H7BrO3/c11-8-2-1-3-9-10(8)7(5-14-9)4-13-6-12/h1-3,5-6H,4H2. The molecule has 1 aromatic heterocycles. The summed E-state index contributed by atoms with van der Waals surface area (Å²) in [4.78, 5) is 10.1. The first kappa shape index (κ1) is 9.27. The summed E-state index contributed by atoms with van der Waals surface area (Å²) in [5.74, 6) is 0. The predicted molar refractivity (Wildman–Crippen MR) is 54.8 cm³/mol. The molecular formula is C10H7BrO3. The van der Waals surface area contributed by atoms with Crippen LogP contribution in [-0.2, 0) is 16.1 Å². The van der Waals surface area contributed by atoms with E-state index in [-0.39, 0.29) is 6.61 Å². The van der Waals surface area contributed by atoms with E-state index < -0.39 is 0 Å². The Morgan fingerprint density at radius 3 is 3.14 bits per heavy atom. The van der Waals surface area contributed by atoms with Crippen molar-refractivity contribution in [2.24, 2.45) is 0 Å². The van der Waals surface area contributed by atoms with Crippen LogP contribution in [0.5, 0.6) is 0 Å². The van der Waals surface area contributed by atoms with E-state index >= 15 is 0 Å². The van der Waals surface area contributed by atoms with E-state index in [0.29, 0.717) is 6.47 Å². The highest BCUT2D eigenvalue weighted by molar-refractivity contribution is 9.10. The number of benzene rings is 1. The van der Waals surface area contributed by atoms with Crippen LogP contribution in [0.4, 0.5) is 0 Å². The Balaban J connectivity index is 2.50. The zero-order valence-corrected chi connectivity index (χ0v) is 8.78. The highest BCUT2D eigenvalue weighted by atomic mass is 79.9. The normalized spacial score (nSPS) is 10.4. The third kappa shape index (κ3) is 1.53. The van der Waals surface area contributed by atoms with Gasteiger partial charge in [-0.25, -0.2) is 0 Å². The van der Waals surface area contributed by atoms with Gasteiger partial charge in [0.05, 0.1) is 6.26 Å². The number of furan rings is 1. The summed E-state index contributed by atoms with van der Waals surface area (Å²) in [6, 6.07) is 5.67. The summed E-state index contributed by atoms with van der Waals surface area (Å²) in [5.41, 5.74) is 1.64. The van der Waals surface area contributed by atoms with Gasteiger partial charge in [-0.15, -0.1) is 0 Å². The molecule has 0 saturated carbocycles. The largest absolute Gasteiger partial charge is 0.464 e. The molecule has 0 saturated heterocycles. The van der Waals surface area contributed by atoms with Gasteiger partial charge >= 0.3 is 0 Å². The maximum Gasteiger partial charge on any atom is 0.293 e. The van der Waals surface area contributed by atoms with E-state index in [4.69, 9.17) is 4.42 Å². The monoisotopic (exact) mass is 254 g/mol. The molecule has 0 fully saturated rings. The Morgan fingerprint density at radius 1 is 1.50 bits per heavy atom. The Kier molecular flexibility index (Phi) is 2.54. The fraction of sp³-hybridized carbons (Fsp3) is 0.100. The molecule has 3 nitrogen and oxygen atoms in total. The maximum atomic E-state index is 10.1. The van der Waals surface area contributed by atoms with Gasteiger partial charge in [0.2, 0.25) is 0 Å². The number of ether oxygens (including phenoxy) is 1. The lowest BCUT2D eigenvalue weighted by molar-refractivity contribution is -0.129. The van der Waals surface area contributed by atoms with Crippen molar-refractivity contribution in [2.45, 2.75) is 6.61 Å². The second kappa shape index (κ2) is 3.84. The molecule has 0 unspecified atom stereocenters. The van der Waals surface area contributed by atoms with Gasteiger partial charge < -0.3 is 9.15 Å². The minimum atomic E-state index is 0.235. The van der Waals surface area contributed by atoms with Gasteiger partial charge in [-0.1, -0.05) is 22.0 Å². The van der Waals surface area contributed by atoms with Crippen LogP contribution in [0, 0.1) is 0 Å². The number of fused-ring (bicyclic) bond motifs is 1. The SMILES string of the molecule is O=COCc1coc2cccc(Br)c12. The van der Waals surface area contributed by atoms with Crippen molar-refractivity contribution in [2.75, 3.05) is 0 Å². The van der Waals surface area contributed by atoms with E-state index in [1.54, 1.807) is 6.26 Å². The number of halogens is 1. The molecule has 1 aromatic carbocycles. The van der Waals surface area contributed by atoms with Crippen LogP contribution >= 0.6 is 15.9 Å². The van der Waals surface area contributed by atoms with Crippen LogP contribution in [0.3, 0.4) is 0 Å². The molecule has 0 spiro atoms. The molecule has 0 radical (unpaired) electrons. The molecule has 0 atom stereocenters. The predicted octanol–water partition coefficient (Wildman–Crippen LogP) is 2.87. The molecule has 0 N–H and O–H groups in total. The van der Waals surface area contributed by atoms with Gasteiger partial charge in [0.1, 0.15) is 12.2 Å². The summed E-state index contributed by atoms with van der Waals surface area (Å²) in [5, 5.41) is 0.953. The highest BCUT2D eigenvalue weighted by Gasteiger charge is 2.08. The van der Waals surface area contributed by atoms with Crippen molar-refractivity contribution in [3.05, 3.63) is 34.5 Å². The molecule has 0 aliphatic rings. The lowest BCUT2D eigenvalue weighted by Gasteiger charge is -1.97. The van der Waals surface area contributed by atoms with Crippen molar-refractivity contribution in [3.63, 3.8) is 0 Å². The summed E-state index contributed by atoms with van der Waals surface area (Å²) < 4.78 is 10.9. The van der Waals surface area contributed by atoms with Gasteiger partial charge in [-0.3, -0.25) is 4.79 Å². The minimum Gasteiger partial charge on any atom is -0.464 e. The van der Waals surface area contributed by atoms with E-state index in [0.717, 1.165) is 21.0 Å². The van der Waals surface area contributed by atoms with Crippen molar-refractivity contribution >= 4 is 33.4 Å². The first-order chi connectivity index (χ1) is 6.83. The Hall–Kier alpha value is -1.29.